The van der Waals surface area contributed by atoms with Crippen molar-refractivity contribution in [2.45, 2.75) is 19.9 Å². The zero-order valence-electron chi connectivity index (χ0n) is 14.4. The van der Waals surface area contributed by atoms with E-state index in [2.05, 4.69) is 4.98 Å². The molecule has 1 saturated heterocycles. The highest BCUT2D eigenvalue weighted by atomic mass is 19.1. The van der Waals surface area contributed by atoms with Gasteiger partial charge >= 0.3 is 0 Å². The lowest BCUT2D eigenvalue weighted by molar-refractivity contribution is -0.135. The van der Waals surface area contributed by atoms with Crippen LogP contribution in [0.2, 0.25) is 0 Å². The number of amides is 2. The van der Waals surface area contributed by atoms with Crippen molar-refractivity contribution in [3.63, 3.8) is 0 Å². The molecule has 1 aliphatic heterocycles. The van der Waals surface area contributed by atoms with Crippen molar-refractivity contribution < 1.29 is 14.0 Å². The Kier molecular flexibility index (Phi) is 4.83. The van der Waals surface area contributed by atoms with Crippen LogP contribution in [-0.4, -0.2) is 57.3 Å². The Bertz CT molecular complexity index is 767. The minimum absolute atomic E-state index is 0.00600. The van der Waals surface area contributed by atoms with Gasteiger partial charge in [0.2, 0.25) is 5.91 Å². The van der Waals surface area contributed by atoms with E-state index in [-0.39, 0.29) is 23.7 Å². The fourth-order valence-electron chi connectivity index (χ4n) is 2.93. The third kappa shape index (κ3) is 3.55. The van der Waals surface area contributed by atoms with Crippen LogP contribution < -0.4 is 0 Å². The van der Waals surface area contributed by atoms with Gasteiger partial charge in [0, 0.05) is 44.1 Å². The summed E-state index contributed by atoms with van der Waals surface area (Å²) in [6.45, 7) is 5.31. The molecule has 1 fully saturated rings. The molecule has 25 heavy (non-hydrogen) atoms. The summed E-state index contributed by atoms with van der Waals surface area (Å²) in [6, 6.07) is 4.20. The summed E-state index contributed by atoms with van der Waals surface area (Å²) in [5, 5.41) is 0. The maximum atomic E-state index is 13.7. The van der Waals surface area contributed by atoms with Gasteiger partial charge < -0.3 is 14.4 Å². The molecule has 6 nitrogen and oxygen atoms in total. The Morgan fingerprint density at radius 1 is 1.16 bits per heavy atom. The van der Waals surface area contributed by atoms with E-state index in [0.717, 1.165) is 0 Å². The number of imidazole rings is 1. The SMILES string of the molecule is Cc1ccc(C(=O)N2CCN(C(=O)[C@H](C)n3ccnc3)CC2)cc1F. The molecule has 1 aromatic carbocycles. The topological polar surface area (TPSA) is 58.4 Å². The van der Waals surface area contributed by atoms with Crippen LogP contribution in [0, 0.1) is 12.7 Å². The van der Waals surface area contributed by atoms with E-state index in [4.69, 9.17) is 0 Å². The smallest absolute Gasteiger partial charge is 0.254 e. The van der Waals surface area contributed by atoms with Crippen LogP contribution in [-0.2, 0) is 4.79 Å². The number of nitrogens with zero attached hydrogens (tertiary/aromatic N) is 4. The quantitative estimate of drug-likeness (QED) is 0.854. The third-order valence-electron chi connectivity index (χ3n) is 4.63. The van der Waals surface area contributed by atoms with Crippen LogP contribution >= 0.6 is 0 Å². The lowest BCUT2D eigenvalue weighted by atomic mass is 10.1. The van der Waals surface area contributed by atoms with Crippen molar-refractivity contribution in [2.75, 3.05) is 26.2 Å². The Hall–Kier alpha value is -2.70. The van der Waals surface area contributed by atoms with Crippen LogP contribution in [0.4, 0.5) is 4.39 Å². The molecule has 1 aromatic heterocycles. The molecule has 2 heterocycles. The Morgan fingerprint density at radius 3 is 2.44 bits per heavy atom. The van der Waals surface area contributed by atoms with Crippen LogP contribution in [0.3, 0.4) is 0 Å². The maximum absolute atomic E-state index is 13.7. The second kappa shape index (κ2) is 7.04. The van der Waals surface area contributed by atoms with Gasteiger partial charge in [0.25, 0.3) is 5.91 Å². The maximum Gasteiger partial charge on any atom is 0.254 e. The van der Waals surface area contributed by atoms with Crippen LogP contribution in [0.1, 0.15) is 28.9 Å². The van der Waals surface area contributed by atoms with Gasteiger partial charge in [0.05, 0.1) is 6.33 Å². The number of aryl methyl sites for hydroxylation is 1. The van der Waals surface area contributed by atoms with Crippen molar-refractivity contribution in [3.8, 4) is 0 Å². The second-order valence-electron chi connectivity index (χ2n) is 6.27. The average molecular weight is 344 g/mol. The summed E-state index contributed by atoms with van der Waals surface area (Å²) < 4.78 is 15.4. The highest BCUT2D eigenvalue weighted by molar-refractivity contribution is 5.94. The van der Waals surface area contributed by atoms with E-state index >= 15 is 0 Å². The molecule has 0 radical (unpaired) electrons. The summed E-state index contributed by atoms with van der Waals surface area (Å²) in [5.74, 6) is -0.575. The molecule has 2 amide bonds. The van der Waals surface area contributed by atoms with E-state index < -0.39 is 0 Å². The van der Waals surface area contributed by atoms with Gasteiger partial charge in [0.1, 0.15) is 11.9 Å². The number of carbonyl (C=O) groups excluding carboxylic acids is 2. The molecule has 0 N–H and O–H groups in total. The van der Waals surface area contributed by atoms with E-state index in [1.165, 1.54) is 6.07 Å². The number of aromatic nitrogens is 2. The van der Waals surface area contributed by atoms with Gasteiger partial charge in [-0.05, 0) is 31.5 Å². The van der Waals surface area contributed by atoms with Gasteiger partial charge in [-0.15, -0.1) is 0 Å². The lowest BCUT2D eigenvalue weighted by Gasteiger charge is -2.36. The Balaban J connectivity index is 1.60. The predicted molar refractivity (Wildman–Crippen MR) is 90.6 cm³/mol. The highest BCUT2D eigenvalue weighted by Gasteiger charge is 2.28. The summed E-state index contributed by atoms with van der Waals surface area (Å²) in [7, 11) is 0. The molecule has 0 bridgehead atoms. The van der Waals surface area contributed by atoms with Crippen LogP contribution in [0.15, 0.2) is 36.9 Å². The fourth-order valence-corrected chi connectivity index (χ4v) is 2.93. The third-order valence-corrected chi connectivity index (χ3v) is 4.63. The first-order valence-corrected chi connectivity index (χ1v) is 8.29. The minimum atomic E-state index is -0.381. The van der Waals surface area contributed by atoms with Crippen LogP contribution in [0.5, 0.6) is 0 Å². The van der Waals surface area contributed by atoms with E-state index in [1.807, 2.05) is 6.92 Å². The van der Waals surface area contributed by atoms with E-state index in [1.54, 1.807) is 52.1 Å². The summed E-state index contributed by atoms with van der Waals surface area (Å²) in [5.41, 5.74) is 0.857. The van der Waals surface area contributed by atoms with Crippen molar-refractivity contribution in [3.05, 3.63) is 53.9 Å². The lowest BCUT2D eigenvalue weighted by Crippen LogP contribution is -2.51. The number of rotatable bonds is 3. The molecule has 1 atom stereocenters. The number of piperazine rings is 1. The van der Waals surface area contributed by atoms with Crippen molar-refractivity contribution in [1.82, 2.24) is 19.4 Å². The Labute approximate surface area is 145 Å². The molecule has 0 aliphatic carbocycles. The monoisotopic (exact) mass is 344 g/mol. The number of carbonyl (C=O) groups is 2. The minimum Gasteiger partial charge on any atom is -0.337 e. The van der Waals surface area contributed by atoms with Gasteiger partial charge in [-0.2, -0.15) is 0 Å². The first-order valence-electron chi connectivity index (χ1n) is 8.29. The number of halogens is 1. The van der Waals surface area contributed by atoms with Crippen LogP contribution in [0.25, 0.3) is 0 Å². The summed E-state index contributed by atoms with van der Waals surface area (Å²) in [6.07, 6.45) is 5.02. The zero-order chi connectivity index (χ0) is 18.0. The molecule has 2 aromatic rings. The second-order valence-corrected chi connectivity index (χ2v) is 6.27. The summed E-state index contributed by atoms with van der Waals surface area (Å²) in [4.78, 5) is 32.4. The first-order chi connectivity index (χ1) is 12.0. The van der Waals surface area contributed by atoms with Gasteiger partial charge in [-0.25, -0.2) is 9.37 Å². The molecule has 0 saturated carbocycles. The molecule has 0 unspecified atom stereocenters. The standard InChI is InChI=1S/C18H21FN4O2/c1-13-3-4-15(11-16(13)19)18(25)22-9-7-21(8-10-22)17(24)14(2)23-6-5-20-12-23/h3-6,11-12,14H,7-10H2,1-2H3/t14-/m0/s1. The number of hydrogen-bond donors (Lipinski definition) is 0. The molecule has 0 spiro atoms. The molecule has 1 aliphatic rings. The van der Waals surface area contributed by atoms with Gasteiger partial charge in [0.15, 0.2) is 0 Å². The highest BCUT2D eigenvalue weighted by Crippen LogP contribution is 2.15. The van der Waals surface area contributed by atoms with Crippen molar-refractivity contribution >= 4 is 11.8 Å². The normalized spacial score (nSPS) is 16.0. The zero-order valence-corrected chi connectivity index (χ0v) is 14.4. The average Bonchev–Trinajstić information content (AvgIpc) is 3.17. The molecule has 7 heteroatoms. The molecule has 132 valence electrons. The van der Waals surface area contributed by atoms with E-state index in [9.17, 15) is 14.0 Å². The van der Waals surface area contributed by atoms with E-state index in [0.29, 0.717) is 37.3 Å². The first kappa shape index (κ1) is 17.1. The fraction of sp³-hybridized carbons (Fsp3) is 0.389. The molecular formula is C18H21FN4O2. The van der Waals surface area contributed by atoms with Crippen molar-refractivity contribution in [1.29, 1.82) is 0 Å². The predicted octanol–water partition coefficient (Wildman–Crippen LogP) is 1.88. The van der Waals surface area contributed by atoms with Crippen molar-refractivity contribution in [2.24, 2.45) is 0 Å². The largest absolute Gasteiger partial charge is 0.337 e. The van der Waals surface area contributed by atoms with Gasteiger partial charge in [-0.1, -0.05) is 6.07 Å². The molecule has 3 rings (SSSR count). The van der Waals surface area contributed by atoms with Gasteiger partial charge in [-0.3, -0.25) is 9.59 Å². The summed E-state index contributed by atoms with van der Waals surface area (Å²) >= 11 is 0. The molecular weight excluding hydrogens is 323 g/mol. The number of benzene rings is 1. The number of hydrogen-bond acceptors (Lipinski definition) is 3. The Morgan fingerprint density at radius 2 is 1.84 bits per heavy atom.